The Bertz CT molecular complexity index is 723. The van der Waals surface area contributed by atoms with Crippen molar-refractivity contribution in [2.45, 2.75) is 40.2 Å². The van der Waals surface area contributed by atoms with Crippen molar-refractivity contribution in [2.75, 3.05) is 66.1 Å². The molecule has 0 unspecified atom stereocenters. The highest BCUT2D eigenvalue weighted by Gasteiger charge is 2.19. The van der Waals surface area contributed by atoms with Crippen molar-refractivity contribution in [3.63, 3.8) is 0 Å². The monoisotopic (exact) mass is 467 g/mol. The molecule has 1 aliphatic heterocycles. The molecule has 33 heavy (non-hydrogen) atoms. The first-order chi connectivity index (χ1) is 15.7. The van der Waals surface area contributed by atoms with E-state index in [1.807, 2.05) is 20.8 Å². The third kappa shape index (κ3) is 10.0. The molecule has 0 aromatic carbocycles. The van der Waals surface area contributed by atoms with Gasteiger partial charge in [0.25, 0.3) is 0 Å². The Hall–Kier alpha value is -2.27. The van der Waals surface area contributed by atoms with Crippen LogP contribution in [0.1, 0.15) is 55.6 Å². The maximum absolute atomic E-state index is 12.1. The zero-order chi connectivity index (χ0) is 24.3. The van der Waals surface area contributed by atoms with Crippen LogP contribution >= 0.6 is 0 Å². The van der Waals surface area contributed by atoms with Gasteiger partial charge in [0.05, 0.1) is 18.8 Å². The Kier molecular flexibility index (Phi) is 11.0. The number of esters is 2. The number of carbonyl (C=O) groups excluding carboxylic acids is 2. The molecule has 10 nitrogen and oxygen atoms in total. The quantitative estimate of drug-likeness (QED) is 0.258. The van der Waals surface area contributed by atoms with E-state index in [1.54, 1.807) is 13.8 Å². The number of pyridine rings is 1. The third-order valence-electron chi connectivity index (χ3n) is 4.76. The summed E-state index contributed by atoms with van der Waals surface area (Å²) in [6.07, 6.45) is 0. The molecule has 1 aromatic heterocycles. The molecule has 0 saturated carbocycles. The van der Waals surface area contributed by atoms with Crippen molar-refractivity contribution < 1.29 is 33.3 Å². The van der Waals surface area contributed by atoms with Gasteiger partial charge in [0.15, 0.2) is 11.4 Å². The standard InChI is InChI=1S/C23H37N3O7/c1-6-30-21(27)19-14-18(15-20(24-19)22(28)31-7-2)32-13-12-25-8-10-26(11-9-25)16-29-17-33-23(3,4)5/h14-15H,6-13,16-17H2,1-5H3. The summed E-state index contributed by atoms with van der Waals surface area (Å²) in [7, 11) is 0. The fourth-order valence-corrected chi connectivity index (χ4v) is 3.03. The van der Waals surface area contributed by atoms with Crippen LogP contribution < -0.4 is 4.74 Å². The summed E-state index contributed by atoms with van der Waals surface area (Å²) in [6.45, 7) is 15.4. The molecule has 0 bridgehead atoms. The van der Waals surface area contributed by atoms with E-state index in [2.05, 4.69) is 14.8 Å². The van der Waals surface area contributed by atoms with E-state index in [1.165, 1.54) is 12.1 Å². The zero-order valence-corrected chi connectivity index (χ0v) is 20.4. The van der Waals surface area contributed by atoms with Crippen molar-refractivity contribution in [3.8, 4) is 5.75 Å². The molecule has 1 aliphatic rings. The summed E-state index contributed by atoms with van der Waals surface area (Å²) in [6, 6.07) is 2.96. The van der Waals surface area contributed by atoms with Gasteiger partial charge in [-0.15, -0.1) is 0 Å². The minimum atomic E-state index is -0.611. The Balaban J connectivity index is 1.80. The van der Waals surface area contributed by atoms with Crippen LogP contribution in [0.3, 0.4) is 0 Å². The predicted molar refractivity (Wildman–Crippen MR) is 121 cm³/mol. The van der Waals surface area contributed by atoms with Crippen molar-refractivity contribution in [1.82, 2.24) is 14.8 Å². The lowest BCUT2D eigenvalue weighted by Gasteiger charge is -2.34. The lowest BCUT2D eigenvalue weighted by atomic mass is 10.2. The van der Waals surface area contributed by atoms with Gasteiger partial charge < -0.3 is 23.7 Å². The lowest BCUT2D eigenvalue weighted by molar-refractivity contribution is -0.144. The number of hydrogen-bond acceptors (Lipinski definition) is 10. The summed E-state index contributed by atoms with van der Waals surface area (Å²) < 4.78 is 27.0. The third-order valence-corrected chi connectivity index (χ3v) is 4.76. The Morgan fingerprint density at radius 3 is 2.00 bits per heavy atom. The van der Waals surface area contributed by atoms with Crippen molar-refractivity contribution in [3.05, 3.63) is 23.5 Å². The van der Waals surface area contributed by atoms with Gasteiger partial charge in [-0.05, 0) is 34.6 Å². The number of carbonyl (C=O) groups is 2. The average Bonchev–Trinajstić information content (AvgIpc) is 2.77. The van der Waals surface area contributed by atoms with E-state index < -0.39 is 11.9 Å². The van der Waals surface area contributed by atoms with Gasteiger partial charge in [-0.1, -0.05) is 0 Å². The summed E-state index contributed by atoms with van der Waals surface area (Å²) in [5.74, 6) is -0.846. The normalized spacial score (nSPS) is 15.3. The maximum Gasteiger partial charge on any atom is 0.357 e. The van der Waals surface area contributed by atoms with Crippen molar-refractivity contribution in [2.24, 2.45) is 0 Å². The van der Waals surface area contributed by atoms with Gasteiger partial charge in [0, 0.05) is 44.9 Å². The molecule has 186 valence electrons. The van der Waals surface area contributed by atoms with Crippen LogP contribution in [-0.2, 0) is 18.9 Å². The van der Waals surface area contributed by atoms with Gasteiger partial charge in [-0.25, -0.2) is 14.6 Å². The van der Waals surface area contributed by atoms with Gasteiger partial charge in [0.2, 0.25) is 0 Å². The molecule has 0 radical (unpaired) electrons. The second kappa shape index (κ2) is 13.4. The Labute approximate surface area is 196 Å². The zero-order valence-electron chi connectivity index (χ0n) is 20.4. The largest absolute Gasteiger partial charge is 0.492 e. The SMILES string of the molecule is CCOC(=O)c1cc(OCCN2CCN(COCOC(C)(C)C)CC2)cc(C(=O)OCC)n1. The number of piperazine rings is 1. The highest BCUT2D eigenvalue weighted by atomic mass is 16.7. The average molecular weight is 468 g/mol. The van der Waals surface area contributed by atoms with Crippen LogP contribution in [0.2, 0.25) is 0 Å². The van der Waals surface area contributed by atoms with E-state index in [0.29, 0.717) is 25.6 Å². The van der Waals surface area contributed by atoms with E-state index in [0.717, 1.165) is 26.2 Å². The Morgan fingerprint density at radius 1 is 0.939 bits per heavy atom. The molecule has 0 atom stereocenters. The van der Waals surface area contributed by atoms with Crippen LogP contribution in [0.15, 0.2) is 12.1 Å². The van der Waals surface area contributed by atoms with Gasteiger partial charge in [0.1, 0.15) is 25.9 Å². The van der Waals surface area contributed by atoms with Crippen LogP contribution in [0.4, 0.5) is 0 Å². The van der Waals surface area contributed by atoms with E-state index in [9.17, 15) is 9.59 Å². The molecule has 0 amide bonds. The first kappa shape index (κ1) is 27.0. The number of rotatable bonds is 12. The molecule has 0 spiro atoms. The molecule has 1 aromatic rings. The molecule has 0 aliphatic carbocycles. The van der Waals surface area contributed by atoms with Gasteiger partial charge in [-0.2, -0.15) is 0 Å². The predicted octanol–water partition coefficient (Wildman–Crippen LogP) is 2.18. The van der Waals surface area contributed by atoms with Crippen LogP contribution in [-0.4, -0.2) is 98.4 Å². The molecule has 0 N–H and O–H groups in total. The first-order valence-corrected chi connectivity index (χ1v) is 11.4. The minimum absolute atomic E-state index is 0.0152. The highest BCUT2D eigenvalue weighted by Crippen LogP contribution is 2.17. The van der Waals surface area contributed by atoms with Crippen LogP contribution in [0, 0.1) is 0 Å². The summed E-state index contributed by atoms with van der Waals surface area (Å²) in [5, 5.41) is 0. The topological polar surface area (TPSA) is 99.7 Å². The molecule has 2 rings (SSSR count). The highest BCUT2D eigenvalue weighted by molar-refractivity contribution is 5.92. The maximum atomic E-state index is 12.1. The molecule has 10 heteroatoms. The molecular weight excluding hydrogens is 430 g/mol. The molecule has 1 fully saturated rings. The second-order valence-electron chi connectivity index (χ2n) is 8.53. The molecule has 2 heterocycles. The smallest absolute Gasteiger partial charge is 0.357 e. The van der Waals surface area contributed by atoms with Crippen molar-refractivity contribution >= 4 is 11.9 Å². The van der Waals surface area contributed by atoms with Gasteiger partial charge in [-0.3, -0.25) is 9.80 Å². The number of hydrogen-bond donors (Lipinski definition) is 0. The first-order valence-electron chi connectivity index (χ1n) is 11.4. The Morgan fingerprint density at radius 2 is 1.48 bits per heavy atom. The fraction of sp³-hybridized carbons (Fsp3) is 0.696. The van der Waals surface area contributed by atoms with Crippen molar-refractivity contribution in [1.29, 1.82) is 0 Å². The lowest BCUT2D eigenvalue weighted by Crippen LogP contribution is -2.48. The van der Waals surface area contributed by atoms with Crippen LogP contribution in [0.25, 0.3) is 0 Å². The van der Waals surface area contributed by atoms with E-state index in [4.69, 9.17) is 23.7 Å². The van der Waals surface area contributed by atoms with Crippen LogP contribution in [0.5, 0.6) is 5.75 Å². The summed E-state index contributed by atoms with van der Waals surface area (Å²) >= 11 is 0. The van der Waals surface area contributed by atoms with Gasteiger partial charge >= 0.3 is 11.9 Å². The molecule has 1 saturated heterocycles. The van der Waals surface area contributed by atoms with E-state index in [-0.39, 0.29) is 37.0 Å². The second-order valence-corrected chi connectivity index (χ2v) is 8.53. The fourth-order valence-electron chi connectivity index (χ4n) is 3.03. The number of aromatic nitrogens is 1. The minimum Gasteiger partial charge on any atom is -0.492 e. The van der Waals surface area contributed by atoms with E-state index >= 15 is 0 Å². The summed E-state index contributed by atoms with van der Waals surface area (Å²) in [4.78, 5) is 32.8. The number of ether oxygens (including phenoxy) is 5. The number of nitrogens with zero attached hydrogens (tertiary/aromatic N) is 3. The summed E-state index contributed by atoms with van der Waals surface area (Å²) in [5.41, 5.74) is -0.176. The molecular formula is C23H37N3O7.